The smallest absolute Gasteiger partial charge is 0.410 e. The number of non-ortho nitro benzene ring substituents is 4. The molecule has 3 amide bonds. The number of nitro groups is 4. The summed E-state index contributed by atoms with van der Waals surface area (Å²) in [6, 6.07) is 26.3. The summed E-state index contributed by atoms with van der Waals surface area (Å²) < 4.78 is 46.7. The van der Waals surface area contributed by atoms with Crippen LogP contribution >= 0.6 is 11.6 Å². The minimum Gasteiger partial charge on any atom is -0.444 e. The number of H-pyrrole nitrogens is 2. The van der Waals surface area contributed by atoms with Gasteiger partial charge in [0.2, 0.25) is 0 Å². The molecule has 8 aromatic heterocycles. The van der Waals surface area contributed by atoms with Gasteiger partial charge in [-0.05, 0) is 167 Å². The van der Waals surface area contributed by atoms with E-state index in [4.69, 9.17) is 35.1 Å². The lowest BCUT2D eigenvalue weighted by Crippen LogP contribution is -2.42. The maximum Gasteiger partial charge on any atom is 0.410 e. The third-order valence-corrected chi connectivity index (χ3v) is 21.5. The Balaban J connectivity index is 0.000000173. The molecule has 3 fully saturated rings. The van der Waals surface area contributed by atoms with Gasteiger partial charge in [0.15, 0.2) is 28.1 Å². The molecule has 11 heterocycles. The summed E-state index contributed by atoms with van der Waals surface area (Å²) in [5, 5.41) is 75.2. The van der Waals surface area contributed by atoms with Crippen molar-refractivity contribution in [2.75, 3.05) is 87.7 Å². The van der Waals surface area contributed by atoms with Gasteiger partial charge < -0.3 is 44.9 Å². The van der Waals surface area contributed by atoms with Crippen molar-refractivity contribution in [1.82, 2.24) is 94.5 Å². The van der Waals surface area contributed by atoms with Crippen LogP contribution in [0.5, 0.6) is 0 Å². The highest BCUT2D eigenvalue weighted by molar-refractivity contribution is 7.86. The Morgan fingerprint density at radius 1 is 0.462 bits per heavy atom. The predicted octanol–water partition coefficient (Wildman–Crippen LogP) is 15.2. The number of halogens is 1. The van der Waals surface area contributed by atoms with Gasteiger partial charge in [0.1, 0.15) is 80.7 Å². The number of aromatic nitrogens is 16. The zero-order valence-corrected chi connectivity index (χ0v) is 77.0. The minimum atomic E-state index is -3.38. The largest absolute Gasteiger partial charge is 0.444 e. The molecule has 45 heteroatoms. The van der Waals surface area contributed by atoms with Crippen LogP contribution in [0.3, 0.4) is 0 Å². The Labute approximate surface area is 766 Å². The second-order valence-electron chi connectivity index (χ2n) is 34.4. The van der Waals surface area contributed by atoms with Gasteiger partial charge in [-0.2, -0.15) is 28.8 Å². The number of nitrogens with zero attached hydrogens (tertiary/aromatic N) is 21. The first-order chi connectivity index (χ1) is 62.8. The Bertz CT molecular complexity index is 5920. The van der Waals surface area contributed by atoms with E-state index >= 15 is 0 Å². The Kier molecular flexibility index (Phi) is 35.7. The van der Waals surface area contributed by atoms with Crippen LogP contribution < -0.4 is 16.0 Å². The van der Waals surface area contributed by atoms with E-state index < -0.39 is 41.7 Å². The number of aromatic amines is 2. The van der Waals surface area contributed by atoms with Gasteiger partial charge in [-0.15, -0.1) is 0 Å². The molecule has 3 aliphatic heterocycles. The summed E-state index contributed by atoms with van der Waals surface area (Å²) in [5.74, 6) is 3.03. The normalized spacial score (nSPS) is 13.9. The van der Waals surface area contributed by atoms with E-state index in [2.05, 4.69) is 88.2 Å². The highest BCUT2D eigenvalue weighted by atomic mass is 35.5. The number of hydrogen-bond donors (Lipinski definition) is 5. The number of fused-ring (bicyclic) bond motifs is 4. The summed E-state index contributed by atoms with van der Waals surface area (Å²) >= 11 is 5.68. The van der Waals surface area contributed by atoms with Gasteiger partial charge in [-0.1, -0.05) is 73.5 Å². The number of likely N-dealkylation sites (tertiary alicyclic amines) is 3. The van der Waals surface area contributed by atoms with Crippen LogP contribution in [0.1, 0.15) is 136 Å². The standard InChI is InChI=1S/2C24H31N7O4.C13H12N6O2.C12H23NO5S.C9H11NO2.C5H3ClN4/c1-24(2,3)35-23(32)29-12-9-18(10-13-29)15-30-21-20(14-28-30)26-16-27-22(21)25-11-8-17-4-6-19(7-5-17)31(33)34;1-24(2,3)35-23(32)29-12-9-18(10-13-29)14-30-15-20-21(28-30)22(27-16-26-20)25-11-8-17-4-6-19(7-5-17)31(33)34;20-19(21)10-3-1-9(2-4-10)5-6-14-13-12-11(7-17-18-12)15-8-16-13;1-12(2,3)18-11(14)13-7-5-10(6-8-13)9-17-19(4,15)16;1-2-3-8-4-6-9(7-5-8)10(11)12;6-5-4-3(1-9-10-4)7-2-8-5/h4-7,14,16,18H,8-13,15H2,1-3H3,(H,25,26,27);4-7,15-16,18H,8-14H2,1-3H3,(H,25,26,27);1-4,7-8H,5-6H2,(H,17,18)(H,14,15,16);10H,5-9H2,1-4H3;4-7H,2-3H2,1H3;1-2H,(H,9,10). The summed E-state index contributed by atoms with van der Waals surface area (Å²) in [4.78, 5) is 116. The molecule has 0 spiro atoms. The van der Waals surface area contributed by atoms with Crippen LogP contribution in [-0.2, 0) is 67.3 Å². The molecule has 43 nitrogen and oxygen atoms in total. The van der Waals surface area contributed by atoms with Crippen molar-refractivity contribution in [3.63, 3.8) is 0 Å². The van der Waals surface area contributed by atoms with E-state index in [0.29, 0.717) is 117 Å². The monoisotopic (exact) mass is 1860 g/mol. The second kappa shape index (κ2) is 47.1. The molecule has 132 heavy (non-hydrogen) atoms. The third kappa shape index (κ3) is 32.0. The Morgan fingerprint density at radius 2 is 0.818 bits per heavy atom. The average Bonchev–Trinajstić information content (AvgIpc) is 1.65. The number of amides is 3. The van der Waals surface area contributed by atoms with Gasteiger partial charge in [-0.3, -0.25) is 64.2 Å². The lowest BCUT2D eigenvalue weighted by molar-refractivity contribution is -0.385. The van der Waals surface area contributed by atoms with Crippen molar-refractivity contribution in [3.8, 4) is 0 Å². The highest BCUT2D eigenvalue weighted by Gasteiger charge is 2.32. The first-order valence-electron chi connectivity index (χ1n) is 43.0. The fraction of sp³-hybridized carbons (Fsp3) is 0.460. The van der Waals surface area contributed by atoms with Crippen molar-refractivity contribution in [2.24, 2.45) is 17.8 Å². The number of carbonyl (C=O) groups is 3. The Morgan fingerprint density at radius 3 is 1.23 bits per heavy atom. The average molecular weight is 1860 g/mol. The van der Waals surface area contributed by atoms with E-state index in [1.165, 1.54) is 61.7 Å². The van der Waals surface area contributed by atoms with Crippen LogP contribution in [0.15, 0.2) is 147 Å². The number of nitro benzene ring substituents is 4. The minimum absolute atomic E-state index is 0.0834. The van der Waals surface area contributed by atoms with Crippen LogP contribution in [-0.4, -0.2) is 229 Å². The quantitative estimate of drug-likeness (QED) is 0.0117. The molecule has 0 radical (unpaired) electrons. The van der Waals surface area contributed by atoms with Crippen molar-refractivity contribution in [2.45, 2.75) is 170 Å². The summed E-state index contributed by atoms with van der Waals surface area (Å²) in [7, 11) is -3.38. The molecule has 0 aliphatic carbocycles. The van der Waals surface area contributed by atoms with Gasteiger partial charge in [-0.25, -0.2) is 54.3 Å². The van der Waals surface area contributed by atoms with Crippen molar-refractivity contribution in [3.05, 3.63) is 215 Å². The lowest BCUT2D eigenvalue weighted by atomic mass is 9.97. The molecular weight excluding hydrogens is 1750 g/mol. The molecule has 0 atom stereocenters. The number of piperidine rings is 3. The van der Waals surface area contributed by atoms with Crippen molar-refractivity contribution >= 4 is 124 Å². The molecule has 3 aliphatic rings. The number of ether oxygens (including phenoxy) is 3. The molecule has 4 aromatic carbocycles. The van der Waals surface area contributed by atoms with Crippen LogP contribution in [0.2, 0.25) is 5.15 Å². The molecule has 0 saturated carbocycles. The number of carbonyl (C=O) groups excluding carboxylic acids is 3. The highest BCUT2D eigenvalue weighted by Crippen LogP contribution is 2.30. The van der Waals surface area contributed by atoms with Gasteiger partial charge >= 0.3 is 18.3 Å². The third-order valence-electron chi connectivity index (χ3n) is 20.7. The van der Waals surface area contributed by atoms with E-state index in [9.17, 15) is 63.3 Å². The first-order valence-corrected chi connectivity index (χ1v) is 45.2. The summed E-state index contributed by atoms with van der Waals surface area (Å²) in [6.45, 7) is 26.2. The van der Waals surface area contributed by atoms with E-state index in [0.717, 1.165) is 132 Å². The number of aryl methyl sites for hydroxylation is 1. The zero-order valence-electron chi connectivity index (χ0n) is 75.5. The molecule has 704 valence electrons. The van der Waals surface area contributed by atoms with Gasteiger partial charge in [0.25, 0.3) is 32.9 Å². The summed E-state index contributed by atoms with van der Waals surface area (Å²) in [5.41, 5.74) is 9.15. The molecule has 5 N–H and O–H groups in total. The molecule has 12 aromatic rings. The van der Waals surface area contributed by atoms with E-state index in [-0.39, 0.29) is 58.5 Å². The van der Waals surface area contributed by atoms with Crippen molar-refractivity contribution in [1.29, 1.82) is 0 Å². The zero-order chi connectivity index (χ0) is 95.3. The predicted molar refractivity (Wildman–Crippen MR) is 494 cm³/mol. The Hall–Kier alpha value is -13.9. The molecule has 3 saturated heterocycles. The van der Waals surface area contributed by atoms with Crippen LogP contribution in [0, 0.1) is 58.2 Å². The second-order valence-corrected chi connectivity index (χ2v) is 36.4. The van der Waals surface area contributed by atoms with E-state index in [1.807, 2.05) is 90.0 Å². The fourth-order valence-corrected chi connectivity index (χ4v) is 14.5. The SMILES string of the molecule is CC(C)(C)OC(=O)N1CCC(COS(C)(=O)=O)CC1.CC(C)(C)OC(=O)N1CCC(Cn2cc3ncnc(NCCc4ccc([N+](=O)[O-])cc4)c3n2)CC1.CC(C)(C)OC(=O)N1CCC(Cn2ncc3ncnc(NCCc4ccc([N+](=O)[O-])cc4)c32)CC1.CCCc1ccc([N+](=O)[O-])cc1.Clc1ncnc2cn[nH]c12.O=[N+]([O-])c1ccc(CCNc2ncnc3cn[nH]c23)cc1. The molecule has 15 rings (SSSR count). The number of hydrogen-bond acceptors (Lipinski definition) is 32. The number of benzene rings is 4. The molecule has 0 bridgehead atoms. The first kappa shape index (κ1) is 100. The molecule has 0 unspecified atom stereocenters. The van der Waals surface area contributed by atoms with E-state index in [1.54, 1.807) is 81.8 Å². The number of nitrogens with one attached hydrogen (secondary N) is 5. The van der Waals surface area contributed by atoms with Crippen molar-refractivity contribution < 1.29 is 60.9 Å². The van der Waals surface area contributed by atoms with Gasteiger partial charge in [0, 0.05) is 121 Å². The van der Waals surface area contributed by atoms with Gasteiger partial charge in [0.05, 0.1) is 57.3 Å². The van der Waals surface area contributed by atoms with Crippen LogP contribution in [0.4, 0.5) is 54.6 Å². The fourth-order valence-electron chi connectivity index (χ4n) is 13.9. The summed E-state index contributed by atoms with van der Waals surface area (Å²) in [6.07, 6.45) is 22.2. The van der Waals surface area contributed by atoms with Crippen LogP contribution in [0.25, 0.3) is 44.1 Å². The lowest BCUT2D eigenvalue weighted by Gasteiger charge is -2.33. The molecular formula is C87H111ClN26O17S. The maximum absolute atomic E-state index is 12.3. The number of anilines is 3. The number of rotatable bonds is 25. The maximum atomic E-state index is 12.3. The topological polar surface area (TPSA) is 537 Å².